The number of fused-ring (bicyclic) bond motifs is 2. The zero-order valence-electron chi connectivity index (χ0n) is 14.8. The molecular weight excluding hydrogens is 338 g/mol. The molecule has 3 aliphatic rings. The van der Waals surface area contributed by atoms with Crippen LogP contribution in [-0.4, -0.2) is 36.6 Å². The van der Waals surface area contributed by atoms with Crippen LogP contribution in [0.3, 0.4) is 0 Å². The molecule has 0 saturated carbocycles. The number of amides is 1. The van der Waals surface area contributed by atoms with Crippen molar-refractivity contribution in [2.24, 2.45) is 5.92 Å². The number of hydrogen-bond donors (Lipinski definition) is 3. The van der Waals surface area contributed by atoms with Crippen molar-refractivity contribution in [1.29, 1.82) is 0 Å². The van der Waals surface area contributed by atoms with Crippen molar-refractivity contribution in [3.8, 4) is 11.5 Å². The fourth-order valence-corrected chi connectivity index (χ4v) is 5.41. The molecule has 3 N–H and O–H groups in total. The van der Waals surface area contributed by atoms with Gasteiger partial charge in [-0.1, -0.05) is 0 Å². The predicted octanol–water partition coefficient (Wildman–Crippen LogP) is 1.75. The zero-order chi connectivity index (χ0) is 17.6. The van der Waals surface area contributed by atoms with Crippen molar-refractivity contribution >= 4 is 17.7 Å². The van der Waals surface area contributed by atoms with Crippen LogP contribution in [0.15, 0.2) is 12.1 Å². The highest BCUT2D eigenvalue weighted by molar-refractivity contribution is 8.00. The third-order valence-corrected chi connectivity index (χ3v) is 6.48. The number of ether oxygens (including phenoxy) is 2. The summed E-state index contributed by atoms with van der Waals surface area (Å²) in [5.41, 5.74) is 8.83. The van der Waals surface area contributed by atoms with Crippen LogP contribution in [0, 0.1) is 5.92 Å². The van der Waals surface area contributed by atoms with Crippen LogP contribution >= 0.6 is 11.8 Å². The van der Waals surface area contributed by atoms with Gasteiger partial charge in [-0.15, -0.1) is 11.8 Å². The van der Waals surface area contributed by atoms with E-state index in [0.29, 0.717) is 12.4 Å². The van der Waals surface area contributed by atoms with Gasteiger partial charge in [0.25, 0.3) is 0 Å². The Morgan fingerprint density at radius 2 is 2.16 bits per heavy atom. The summed E-state index contributed by atoms with van der Waals surface area (Å²) in [6, 6.07) is 4.51. The monoisotopic (exact) mass is 363 g/mol. The highest BCUT2D eigenvalue weighted by Crippen LogP contribution is 2.48. The van der Waals surface area contributed by atoms with E-state index in [-0.39, 0.29) is 35.4 Å². The lowest BCUT2D eigenvalue weighted by Gasteiger charge is -2.28. The third kappa shape index (κ3) is 3.09. The Hall–Kier alpha value is -1.44. The Morgan fingerprint density at radius 3 is 2.96 bits per heavy atom. The summed E-state index contributed by atoms with van der Waals surface area (Å²) in [6.45, 7) is 6.86. The first-order chi connectivity index (χ1) is 12.1. The molecule has 7 heteroatoms. The predicted molar refractivity (Wildman–Crippen MR) is 97.8 cm³/mol. The summed E-state index contributed by atoms with van der Waals surface area (Å²) in [6.07, 6.45) is 1.04. The van der Waals surface area contributed by atoms with Gasteiger partial charge in [-0.05, 0) is 32.9 Å². The third-order valence-electron chi connectivity index (χ3n) is 5.12. The number of carbonyl (C=O) groups excluding carboxylic acids is 1. The molecule has 1 aromatic carbocycles. The highest BCUT2D eigenvalue weighted by Gasteiger charge is 2.44. The van der Waals surface area contributed by atoms with E-state index in [4.69, 9.17) is 9.47 Å². The quantitative estimate of drug-likeness (QED) is 0.760. The van der Waals surface area contributed by atoms with Gasteiger partial charge in [-0.2, -0.15) is 0 Å². The number of rotatable bonds is 3. The minimum Gasteiger partial charge on any atom is -0.494 e. The van der Waals surface area contributed by atoms with Crippen LogP contribution in [0.25, 0.3) is 0 Å². The molecule has 0 spiro atoms. The summed E-state index contributed by atoms with van der Waals surface area (Å²) in [5.74, 6) is 2.62. The molecular formula is C18H25N3O3S. The fraction of sp³-hybridized carbons (Fsp3) is 0.611. The molecule has 5 atom stereocenters. The van der Waals surface area contributed by atoms with E-state index in [2.05, 4.69) is 42.1 Å². The lowest BCUT2D eigenvalue weighted by molar-refractivity contribution is -0.119. The average molecular weight is 363 g/mol. The maximum Gasteiger partial charge on any atom is 0.231 e. The van der Waals surface area contributed by atoms with Gasteiger partial charge in [-0.3, -0.25) is 10.2 Å². The Balaban J connectivity index is 1.76. The number of carbonyl (C=O) groups is 1. The molecule has 2 fully saturated rings. The molecule has 1 aromatic rings. The van der Waals surface area contributed by atoms with Gasteiger partial charge in [0.1, 0.15) is 17.6 Å². The van der Waals surface area contributed by atoms with Crippen molar-refractivity contribution in [3.05, 3.63) is 23.3 Å². The molecule has 5 unspecified atom stereocenters. The molecule has 1 amide bonds. The minimum absolute atomic E-state index is 0.0647. The first-order valence-electron chi connectivity index (χ1n) is 8.95. The van der Waals surface area contributed by atoms with Gasteiger partial charge in [0, 0.05) is 34.8 Å². The number of hydrazine groups is 1. The second kappa shape index (κ2) is 6.70. The molecule has 25 heavy (non-hydrogen) atoms. The van der Waals surface area contributed by atoms with Crippen molar-refractivity contribution in [2.75, 3.05) is 12.4 Å². The molecule has 0 bridgehead atoms. The Bertz CT molecular complexity index is 684. The molecule has 0 aromatic heterocycles. The molecule has 136 valence electrons. The van der Waals surface area contributed by atoms with Gasteiger partial charge in [0.2, 0.25) is 5.91 Å². The lowest BCUT2D eigenvalue weighted by atomic mass is 9.90. The largest absolute Gasteiger partial charge is 0.494 e. The lowest BCUT2D eigenvalue weighted by Crippen LogP contribution is -2.46. The molecule has 6 nitrogen and oxygen atoms in total. The van der Waals surface area contributed by atoms with Crippen molar-refractivity contribution in [2.45, 2.75) is 50.8 Å². The summed E-state index contributed by atoms with van der Waals surface area (Å²) < 4.78 is 12.0. The summed E-state index contributed by atoms with van der Waals surface area (Å²) in [7, 11) is 0. The topological polar surface area (TPSA) is 71.6 Å². The number of thioether (sulfide) groups is 1. The zero-order valence-corrected chi connectivity index (χ0v) is 15.6. The SMILES string of the molecule is CCOc1cc2c(cc1C1SCC(=O)NC3NNC(C)C31)OC(C)C2. The van der Waals surface area contributed by atoms with E-state index < -0.39 is 0 Å². The minimum atomic E-state index is -0.0786. The van der Waals surface area contributed by atoms with Crippen molar-refractivity contribution < 1.29 is 14.3 Å². The molecule has 0 aliphatic carbocycles. The maximum absolute atomic E-state index is 12.1. The van der Waals surface area contributed by atoms with Crippen LogP contribution in [0.2, 0.25) is 0 Å². The molecule has 4 rings (SSSR count). The van der Waals surface area contributed by atoms with Crippen LogP contribution in [0.5, 0.6) is 11.5 Å². The van der Waals surface area contributed by atoms with E-state index in [1.54, 1.807) is 11.8 Å². The average Bonchev–Trinajstić information content (AvgIpc) is 3.05. The van der Waals surface area contributed by atoms with Crippen LogP contribution in [0.1, 0.15) is 37.1 Å². The molecule has 2 saturated heterocycles. The Labute approximate surface area is 152 Å². The van der Waals surface area contributed by atoms with Crippen molar-refractivity contribution in [3.63, 3.8) is 0 Å². The number of benzene rings is 1. The smallest absolute Gasteiger partial charge is 0.231 e. The van der Waals surface area contributed by atoms with E-state index in [0.717, 1.165) is 23.5 Å². The van der Waals surface area contributed by atoms with Crippen LogP contribution in [-0.2, 0) is 11.2 Å². The second-order valence-electron chi connectivity index (χ2n) is 6.99. The summed E-state index contributed by atoms with van der Waals surface area (Å²) in [4.78, 5) is 12.1. The highest BCUT2D eigenvalue weighted by atomic mass is 32.2. The van der Waals surface area contributed by atoms with Crippen LogP contribution in [0.4, 0.5) is 0 Å². The van der Waals surface area contributed by atoms with Gasteiger partial charge in [0.15, 0.2) is 0 Å². The molecule has 0 radical (unpaired) electrons. The second-order valence-corrected chi connectivity index (χ2v) is 8.12. The van der Waals surface area contributed by atoms with E-state index in [9.17, 15) is 4.79 Å². The van der Waals surface area contributed by atoms with E-state index >= 15 is 0 Å². The summed E-state index contributed by atoms with van der Waals surface area (Å²) in [5, 5.41) is 3.22. The van der Waals surface area contributed by atoms with Crippen molar-refractivity contribution in [1.82, 2.24) is 16.2 Å². The standard InChI is InChI=1S/C18H25N3O3S/c1-4-23-14-6-11-5-9(2)24-13(11)7-12(14)17-16-10(3)20-21-18(16)19-15(22)8-25-17/h6-7,9-10,16-18,20-21H,4-5,8H2,1-3H3,(H,19,22). The van der Waals surface area contributed by atoms with Crippen LogP contribution < -0.4 is 25.6 Å². The molecule has 3 heterocycles. The van der Waals surface area contributed by atoms with Gasteiger partial charge in [-0.25, -0.2) is 5.43 Å². The first-order valence-corrected chi connectivity index (χ1v) is 10.00. The van der Waals surface area contributed by atoms with Gasteiger partial charge < -0.3 is 14.8 Å². The Morgan fingerprint density at radius 1 is 1.32 bits per heavy atom. The Kier molecular flexibility index (Phi) is 4.56. The maximum atomic E-state index is 12.1. The fourth-order valence-electron chi connectivity index (χ4n) is 4.02. The first kappa shape index (κ1) is 17.0. The number of hydrogen-bond acceptors (Lipinski definition) is 6. The van der Waals surface area contributed by atoms with Gasteiger partial charge in [0.05, 0.1) is 18.5 Å². The number of nitrogens with one attached hydrogen (secondary N) is 3. The van der Waals surface area contributed by atoms with E-state index in [1.165, 1.54) is 5.56 Å². The van der Waals surface area contributed by atoms with Gasteiger partial charge >= 0.3 is 0 Å². The van der Waals surface area contributed by atoms with E-state index in [1.807, 2.05) is 6.92 Å². The molecule has 3 aliphatic heterocycles. The summed E-state index contributed by atoms with van der Waals surface area (Å²) >= 11 is 1.68. The normalized spacial score (nSPS) is 33.9.